The zero-order chi connectivity index (χ0) is 14.1. The lowest BCUT2D eigenvalue weighted by atomic mass is 10.2. The van der Waals surface area contributed by atoms with Gasteiger partial charge >= 0.3 is 5.00 Å². The number of rotatable bonds is 3. The number of nitrogens with one attached hydrogen (secondary N) is 2. The molecule has 0 aliphatic rings. The molecule has 0 unspecified atom stereocenters. The molecule has 0 saturated heterocycles. The first kappa shape index (κ1) is 12.3. The highest BCUT2D eigenvalue weighted by Gasteiger charge is 2.15. The summed E-state index contributed by atoms with van der Waals surface area (Å²) in [5.41, 5.74) is 1.48. The predicted molar refractivity (Wildman–Crippen MR) is 75.0 cm³/mol. The lowest BCUT2D eigenvalue weighted by Gasteiger charge is -2.02. The highest BCUT2D eigenvalue weighted by atomic mass is 32.1. The number of nitrogens with zero attached hydrogens (tertiary/aromatic N) is 2. The molecule has 2 N–H and O–H groups in total. The van der Waals surface area contributed by atoms with Crippen LogP contribution in [0.2, 0.25) is 0 Å². The summed E-state index contributed by atoms with van der Waals surface area (Å²) in [6, 6.07) is 8.07. The molecule has 0 radical (unpaired) electrons. The summed E-state index contributed by atoms with van der Waals surface area (Å²) in [6.45, 7) is 0. The van der Waals surface area contributed by atoms with Crippen molar-refractivity contribution in [1.82, 2.24) is 10.2 Å². The first-order valence-electron chi connectivity index (χ1n) is 5.62. The van der Waals surface area contributed by atoms with Crippen LogP contribution in [-0.2, 0) is 0 Å². The fraction of sp³-hybridized carbons (Fsp3) is 0. The molecule has 3 rings (SSSR count). The van der Waals surface area contributed by atoms with E-state index in [9.17, 15) is 14.9 Å². The molecule has 0 fully saturated rings. The highest BCUT2D eigenvalue weighted by molar-refractivity contribution is 7.17. The fourth-order valence-electron chi connectivity index (χ4n) is 1.76. The minimum absolute atomic E-state index is 0.0552. The lowest BCUT2D eigenvalue weighted by molar-refractivity contribution is -0.380. The highest BCUT2D eigenvalue weighted by Crippen LogP contribution is 2.25. The molecule has 0 saturated carbocycles. The second-order valence-corrected chi connectivity index (χ2v) is 5.08. The van der Waals surface area contributed by atoms with E-state index in [-0.39, 0.29) is 10.9 Å². The zero-order valence-corrected chi connectivity index (χ0v) is 10.8. The number of carbonyl (C=O) groups excluding carboxylic acids is 1. The van der Waals surface area contributed by atoms with Crippen LogP contribution in [0.4, 0.5) is 10.7 Å². The van der Waals surface area contributed by atoms with Crippen LogP contribution in [0, 0.1) is 10.1 Å². The number of hydrogen-bond donors (Lipinski definition) is 2. The summed E-state index contributed by atoms with van der Waals surface area (Å²) in [5, 5.41) is 20.8. The second kappa shape index (κ2) is 4.74. The number of amides is 1. The number of anilines is 1. The van der Waals surface area contributed by atoms with Gasteiger partial charge < -0.3 is 5.32 Å². The average molecular weight is 288 g/mol. The number of aromatic nitrogens is 2. The largest absolute Gasteiger partial charge is 0.324 e. The van der Waals surface area contributed by atoms with E-state index in [1.807, 2.05) is 0 Å². The molecule has 0 atom stereocenters. The summed E-state index contributed by atoms with van der Waals surface area (Å²) in [7, 11) is 0. The molecule has 1 amide bonds. The number of hydrogen-bond acceptors (Lipinski definition) is 5. The van der Waals surface area contributed by atoms with Crippen molar-refractivity contribution in [2.75, 3.05) is 5.32 Å². The van der Waals surface area contributed by atoms with E-state index in [1.54, 1.807) is 24.4 Å². The first-order chi connectivity index (χ1) is 9.63. The number of H-pyrrole nitrogens is 1. The molecule has 7 nitrogen and oxygen atoms in total. The summed E-state index contributed by atoms with van der Waals surface area (Å²) in [4.78, 5) is 22.3. The van der Waals surface area contributed by atoms with E-state index in [0.717, 1.165) is 22.2 Å². The van der Waals surface area contributed by atoms with Crippen molar-refractivity contribution in [3.63, 3.8) is 0 Å². The van der Waals surface area contributed by atoms with Gasteiger partial charge in [0.15, 0.2) is 0 Å². The Balaban J connectivity index is 1.82. The summed E-state index contributed by atoms with van der Waals surface area (Å²) < 4.78 is 0. The Labute approximate surface area is 116 Å². The summed E-state index contributed by atoms with van der Waals surface area (Å²) in [6.07, 6.45) is 1.65. The lowest BCUT2D eigenvalue weighted by Crippen LogP contribution is -2.09. The second-order valence-electron chi connectivity index (χ2n) is 4.02. The number of nitro groups is 1. The standard InChI is InChI=1S/C12H8N4O3S/c17-12(10-3-4-11(20-10)16(18)19)14-8-1-2-9-7(5-8)6-13-15-9/h1-6H,(H,13,15)(H,14,17). The zero-order valence-electron chi connectivity index (χ0n) is 9.99. The monoisotopic (exact) mass is 288 g/mol. The molecule has 0 aliphatic heterocycles. The van der Waals surface area contributed by atoms with Crippen LogP contribution in [0.3, 0.4) is 0 Å². The normalized spacial score (nSPS) is 10.6. The molecule has 0 aliphatic carbocycles. The molecule has 1 aromatic carbocycles. The maximum absolute atomic E-state index is 12.0. The van der Waals surface area contributed by atoms with Gasteiger partial charge in [-0.2, -0.15) is 5.10 Å². The van der Waals surface area contributed by atoms with Gasteiger partial charge in [0, 0.05) is 17.1 Å². The smallest absolute Gasteiger partial charge is 0.321 e. The molecule has 0 spiro atoms. The van der Waals surface area contributed by atoms with E-state index in [1.165, 1.54) is 12.1 Å². The Morgan fingerprint density at radius 3 is 2.95 bits per heavy atom. The summed E-state index contributed by atoms with van der Waals surface area (Å²) >= 11 is 0.844. The van der Waals surface area contributed by atoms with Gasteiger partial charge in [0.25, 0.3) is 5.91 Å². The Bertz CT molecular complexity index is 808. The van der Waals surface area contributed by atoms with Crippen molar-refractivity contribution in [2.45, 2.75) is 0 Å². The van der Waals surface area contributed by atoms with Crippen LogP contribution in [0.15, 0.2) is 36.5 Å². The minimum Gasteiger partial charge on any atom is -0.321 e. The third kappa shape index (κ3) is 2.24. The molecular weight excluding hydrogens is 280 g/mol. The van der Waals surface area contributed by atoms with Crippen LogP contribution < -0.4 is 5.32 Å². The van der Waals surface area contributed by atoms with E-state index in [2.05, 4.69) is 15.5 Å². The van der Waals surface area contributed by atoms with Crippen LogP contribution in [0.5, 0.6) is 0 Å². The van der Waals surface area contributed by atoms with Gasteiger partial charge in [0.05, 0.1) is 21.5 Å². The number of aromatic amines is 1. The molecule has 8 heteroatoms. The van der Waals surface area contributed by atoms with Crippen LogP contribution in [-0.4, -0.2) is 21.0 Å². The van der Waals surface area contributed by atoms with Crippen molar-refractivity contribution in [3.8, 4) is 0 Å². The third-order valence-corrected chi connectivity index (χ3v) is 3.73. The fourth-order valence-corrected chi connectivity index (χ4v) is 2.48. The van der Waals surface area contributed by atoms with Crippen molar-refractivity contribution < 1.29 is 9.72 Å². The molecule has 0 bridgehead atoms. The van der Waals surface area contributed by atoms with Crippen LogP contribution in [0.25, 0.3) is 10.9 Å². The van der Waals surface area contributed by atoms with Gasteiger partial charge in [0.2, 0.25) is 0 Å². The van der Waals surface area contributed by atoms with Crippen molar-refractivity contribution in [3.05, 3.63) is 51.5 Å². The molecule has 100 valence electrons. The van der Waals surface area contributed by atoms with Gasteiger partial charge in [-0.1, -0.05) is 11.3 Å². The van der Waals surface area contributed by atoms with Gasteiger partial charge in [-0.15, -0.1) is 0 Å². The molecule has 3 aromatic rings. The Morgan fingerprint density at radius 2 is 2.20 bits per heavy atom. The van der Waals surface area contributed by atoms with E-state index in [0.29, 0.717) is 10.6 Å². The number of fused-ring (bicyclic) bond motifs is 1. The molecular formula is C12H8N4O3S. The van der Waals surface area contributed by atoms with Gasteiger partial charge in [-0.05, 0) is 24.3 Å². The average Bonchev–Trinajstić information content (AvgIpc) is 3.07. The Morgan fingerprint density at radius 1 is 1.35 bits per heavy atom. The minimum atomic E-state index is -0.515. The van der Waals surface area contributed by atoms with E-state index >= 15 is 0 Å². The molecule has 2 heterocycles. The van der Waals surface area contributed by atoms with Crippen LogP contribution in [0.1, 0.15) is 9.67 Å². The summed E-state index contributed by atoms with van der Waals surface area (Å²) in [5.74, 6) is -0.369. The van der Waals surface area contributed by atoms with Crippen molar-refractivity contribution in [2.24, 2.45) is 0 Å². The Hall–Kier alpha value is -2.74. The molecule has 2 aromatic heterocycles. The molecule has 20 heavy (non-hydrogen) atoms. The van der Waals surface area contributed by atoms with Crippen molar-refractivity contribution in [1.29, 1.82) is 0 Å². The SMILES string of the molecule is O=C(Nc1ccc2[nH]ncc2c1)c1ccc([N+](=O)[O-])s1. The van der Waals surface area contributed by atoms with E-state index < -0.39 is 4.92 Å². The predicted octanol–water partition coefficient (Wildman–Crippen LogP) is 2.78. The number of benzene rings is 1. The van der Waals surface area contributed by atoms with Crippen LogP contribution >= 0.6 is 11.3 Å². The van der Waals surface area contributed by atoms with Gasteiger partial charge in [0.1, 0.15) is 0 Å². The number of carbonyl (C=O) groups is 1. The Kier molecular flexibility index (Phi) is 2.92. The van der Waals surface area contributed by atoms with E-state index in [4.69, 9.17) is 0 Å². The van der Waals surface area contributed by atoms with Gasteiger partial charge in [-0.3, -0.25) is 20.0 Å². The quantitative estimate of drug-likeness (QED) is 0.571. The van der Waals surface area contributed by atoms with Crippen molar-refractivity contribution >= 4 is 38.8 Å². The number of thiophene rings is 1. The maximum Gasteiger partial charge on any atom is 0.324 e. The van der Waals surface area contributed by atoms with Gasteiger partial charge in [-0.25, -0.2) is 0 Å². The third-order valence-electron chi connectivity index (χ3n) is 2.69. The maximum atomic E-state index is 12.0. The topological polar surface area (TPSA) is 101 Å². The first-order valence-corrected chi connectivity index (χ1v) is 6.44.